The molecule has 0 spiro atoms. The van der Waals surface area contributed by atoms with E-state index in [4.69, 9.17) is 9.47 Å². The number of fused-ring (bicyclic) bond motifs is 1. The topological polar surface area (TPSA) is 52.6 Å². The molecule has 8 bridgehead atoms. The Hall–Kier alpha value is -0.330. The van der Waals surface area contributed by atoms with Crippen LogP contribution >= 0.6 is 22.6 Å². The third kappa shape index (κ3) is 0.782. The highest BCUT2D eigenvalue weighted by Crippen LogP contribution is 2.81. The van der Waals surface area contributed by atoms with E-state index < -0.39 is 0 Å². The van der Waals surface area contributed by atoms with Crippen molar-refractivity contribution >= 4 is 34.5 Å². The van der Waals surface area contributed by atoms with Crippen LogP contribution in [0.4, 0.5) is 0 Å². The fourth-order valence-corrected chi connectivity index (χ4v) is 8.10. The molecule has 0 aromatic carbocycles. The molecule has 7 rings (SSSR count). The summed E-state index contributed by atoms with van der Waals surface area (Å²) in [7, 11) is 1.43. The maximum absolute atomic E-state index is 12.1. The summed E-state index contributed by atoms with van der Waals surface area (Å²) in [6.45, 7) is 0. The largest absolute Gasteiger partial charge is 0.469 e. The van der Waals surface area contributed by atoms with Crippen molar-refractivity contribution in [2.75, 3.05) is 7.11 Å². The van der Waals surface area contributed by atoms with Gasteiger partial charge in [0.1, 0.15) is 6.10 Å². The number of carbonyl (C=O) groups excluding carboxylic acids is 2. The van der Waals surface area contributed by atoms with E-state index in [1.807, 2.05) is 0 Å². The number of alkyl halides is 1. The third-order valence-corrected chi connectivity index (χ3v) is 8.04. The molecule has 0 aromatic rings. The van der Waals surface area contributed by atoms with Gasteiger partial charge in [0.15, 0.2) is 0 Å². The molecule has 4 nitrogen and oxygen atoms in total. The van der Waals surface area contributed by atoms with Crippen molar-refractivity contribution in [3.63, 3.8) is 0 Å². The van der Waals surface area contributed by atoms with Crippen LogP contribution in [0.25, 0.3) is 0 Å². The fraction of sp³-hybridized carbons (Fsp3) is 0.846. The van der Waals surface area contributed by atoms with Crippen molar-refractivity contribution < 1.29 is 19.1 Å². The van der Waals surface area contributed by atoms with Crippen LogP contribution in [0.1, 0.15) is 0 Å². The second kappa shape index (κ2) is 2.88. The number of esters is 2. The lowest BCUT2D eigenvalue weighted by molar-refractivity contribution is -0.223. The van der Waals surface area contributed by atoms with Gasteiger partial charge < -0.3 is 9.47 Å². The number of carbonyl (C=O) groups is 2. The summed E-state index contributed by atoms with van der Waals surface area (Å²) < 4.78 is 11.2. The summed E-state index contributed by atoms with van der Waals surface area (Å²) in [4.78, 5) is 24.1. The highest BCUT2D eigenvalue weighted by atomic mass is 127. The fourth-order valence-electron chi connectivity index (χ4n) is 6.18. The lowest BCUT2D eigenvalue weighted by atomic mass is 9.50. The SMILES string of the molecule is COC(=O)C1C2C(=O)OC3C1C1C4C(I)C1C2C34. The van der Waals surface area contributed by atoms with Crippen LogP contribution < -0.4 is 0 Å². The van der Waals surface area contributed by atoms with Crippen molar-refractivity contribution in [3.8, 4) is 0 Å². The van der Waals surface area contributed by atoms with E-state index >= 15 is 0 Å². The minimum absolute atomic E-state index is 0.0163. The standard InChI is InChI=1S/C13H13IO4/c1-17-12(15)9-7-2-4-3-6(5(2)10(4)14)11(7)18-13(16)8(3)9/h2-11H,1H3. The summed E-state index contributed by atoms with van der Waals surface area (Å²) >= 11 is 2.54. The maximum atomic E-state index is 12.1. The Morgan fingerprint density at radius 2 is 1.89 bits per heavy atom. The molecule has 5 saturated carbocycles. The minimum Gasteiger partial charge on any atom is -0.469 e. The van der Waals surface area contributed by atoms with Crippen molar-refractivity contribution in [1.29, 1.82) is 0 Å². The quantitative estimate of drug-likeness (QED) is 0.396. The zero-order valence-corrected chi connectivity index (χ0v) is 11.9. The van der Waals surface area contributed by atoms with E-state index in [0.717, 1.165) is 0 Å². The molecule has 5 heteroatoms. The summed E-state index contributed by atoms with van der Waals surface area (Å²) in [6.07, 6.45) is 0.0163. The van der Waals surface area contributed by atoms with Crippen LogP contribution in [-0.2, 0) is 19.1 Å². The van der Waals surface area contributed by atoms with Gasteiger partial charge in [0.2, 0.25) is 0 Å². The number of methoxy groups -OCH3 is 1. The Morgan fingerprint density at radius 3 is 2.61 bits per heavy atom. The van der Waals surface area contributed by atoms with Gasteiger partial charge in [0.05, 0.1) is 18.9 Å². The molecular formula is C13H13IO4. The first kappa shape index (κ1) is 10.5. The van der Waals surface area contributed by atoms with Crippen molar-refractivity contribution in [1.82, 2.24) is 0 Å². The van der Waals surface area contributed by atoms with Crippen LogP contribution in [0.5, 0.6) is 0 Å². The minimum atomic E-state index is -0.211. The third-order valence-electron chi connectivity index (χ3n) is 6.37. The van der Waals surface area contributed by atoms with Gasteiger partial charge in [0.25, 0.3) is 0 Å². The van der Waals surface area contributed by atoms with Crippen molar-refractivity contribution in [2.24, 2.45) is 47.3 Å². The van der Waals surface area contributed by atoms with Gasteiger partial charge in [-0.25, -0.2) is 0 Å². The Balaban J connectivity index is 1.66. The van der Waals surface area contributed by atoms with E-state index in [1.165, 1.54) is 7.11 Å². The average Bonchev–Trinajstić information content (AvgIpc) is 2.94. The molecule has 0 amide bonds. The van der Waals surface area contributed by atoms with E-state index in [-0.39, 0.29) is 35.8 Å². The van der Waals surface area contributed by atoms with Crippen molar-refractivity contribution in [3.05, 3.63) is 0 Å². The second-order valence-corrected chi connectivity index (χ2v) is 7.82. The predicted octanol–water partition coefficient (Wildman–Crippen LogP) is 0.872. The number of hydrogen-bond acceptors (Lipinski definition) is 4. The van der Waals surface area contributed by atoms with Gasteiger partial charge in [-0.2, -0.15) is 0 Å². The number of ether oxygens (including phenoxy) is 2. The van der Waals surface area contributed by atoms with E-state index in [2.05, 4.69) is 22.6 Å². The van der Waals surface area contributed by atoms with E-state index in [9.17, 15) is 9.59 Å². The number of halogens is 1. The van der Waals surface area contributed by atoms with Gasteiger partial charge in [-0.15, -0.1) is 0 Å². The van der Waals surface area contributed by atoms with E-state index in [1.54, 1.807) is 0 Å². The summed E-state index contributed by atoms with van der Waals surface area (Å²) in [6, 6.07) is 0. The van der Waals surface area contributed by atoms with Gasteiger partial charge >= 0.3 is 11.9 Å². The Bertz CT molecular complexity index is 491. The summed E-state index contributed by atoms with van der Waals surface area (Å²) in [5.41, 5.74) is 0. The molecule has 2 heterocycles. The van der Waals surface area contributed by atoms with Crippen LogP contribution in [0.3, 0.4) is 0 Å². The zero-order chi connectivity index (χ0) is 12.3. The molecule has 10 atom stereocenters. The monoisotopic (exact) mass is 360 g/mol. The Morgan fingerprint density at radius 1 is 1.17 bits per heavy atom. The first-order valence-electron chi connectivity index (χ1n) is 6.59. The summed E-state index contributed by atoms with van der Waals surface area (Å²) in [5, 5.41) is 0. The normalized spacial score (nSPS) is 64.9. The van der Waals surface area contributed by atoms with E-state index in [0.29, 0.717) is 33.5 Å². The van der Waals surface area contributed by atoms with Gasteiger partial charge in [0, 0.05) is 15.8 Å². The van der Waals surface area contributed by atoms with Gasteiger partial charge in [-0.1, -0.05) is 22.6 Å². The van der Waals surface area contributed by atoms with Crippen molar-refractivity contribution in [2.45, 2.75) is 10.0 Å². The Labute approximate surface area is 118 Å². The lowest BCUT2D eigenvalue weighted by Gasteiger charge is -2.58. The first-order chi connectivity index (χ1) is 8.66. The Kier molecular flexibility index (Phi) is 1.68. The molecule has 7 aliphatic rings. The zero-order valence-electron chi connectivity index (χ0n) is 9.78. The number of rotatable bonds is 1. The van der Waals surface area contributed by atoms with Gasteiger partial charge in [-0.3, -0.25) is 9.59 Å². The molecule has 0 N–H and O–H groups in total. The highest BCUT2D eigenvalue weighted by Gasteiger charge is 2.85. The lowest BCUT2D eigenvalue weighted by Crippen LogP contribution is -2.65. The number of hydrogen-bond donors (Lipinski definition) is 0. The molecule has 0 aromatic heterocycles. The second-order valence-electron chi connectivity index (χ2n) is 6.38. The smallest absolute Gasteiger partial charge is 0.310 e. The molecule has 96 valence electrons. The molecule has 7 fully saturated rings. The molecule has 2 aliphatic heterocycles. The molecule has 2 saturated heterocycles. The molecular weight excluding hydrogens is 347 g/mol. The molecule has 18 heavy (non-hydrogen) atoms. The first-order valence-corrected chi connectivity index (χ1v) is 7.83. The average molecular weight is 360 g/mol. The van der Waals surface area contributed by atoms with Crippen LogP contribution in [0.2, 0.25) is 0 Å². The van der Waals surface area contributed by atoms with Crippen LogP contribution in [0, 0.1) is 47.3 Å². The summed E-state index contributed by atoms with van der Waals surface area (Å²) in [5.74, 6) is 2.46. The van der Waals surface area contributed by atoms with Crippen LogP contribution in [0.15, 0.2) is 0 Å². The van der Waals surface area contributed by atoms with Gasteiger partial charge in [-0.05, 0) is 23.7 Å². The molecule has 5 aliphatic carbocycles. The maximum Gasteiger partial charge on any atom is 0.310 e. The predicted molar refractivity (Wildman–Crippen MR) is 67.6 cm³/mol. The van der Waals surface area contributed by atoms with Crippen LogP contribution in [-0.4, -0.2) is 29.1 Å². The molecule has 0 radical (unpaired) electrons. The molecule has 10 unspecified atom stereocenters. The highest BCUT2D eigenvalue weighted by molar-refractivity contribution is 14.1.